The minimum atomic E-state index is 0.978. The second-order valence-electron chi connectivity index (χ2n) is 6.00. The van der Waals surface area contributed by atoms with Gasteiger partial charge in [0.25, 0.3) is 0 Å². The quantitative estimate of drug-likeness (QED) is 0.524. The first-order valence-electron chi connectivity index (χ1n) is 8.10. The molecule has 0 atom stereocenters. The smallest absolute Gasteiger partial charge is 0.212 e. The summed E-state index contributed by atoms with van der Waals surface area (Å²) in [7, 11) is 2.07. The number of benzene rings is 2. The number of para-hydroxylation sites is 2. The number of pyridine rings is 1. The number of nitrogens with zero attached hydrogens (tertiary/aromatic N) is 3. The van der Waals surface area contributed by atoms with Crippen molar-refractivity contribution in [2.75, 3.05) is 11.6 Å². The molecule has 4 rings (SSSR count). The Kier molecular flexibility index (Phi) is 3.54. The lowest BCUT2D eigenvalue weighted by molar-refractivity contribution is -0.644. The summed E-state index contributed by atoms with van der Waals surface area (Å²) >= 11 is 0. The molecule has 114 valence electrons. The molecule has 23 heavy (non-hydrogen) atoms. The number of hydrogen-bond donors (Lipinski definition) is 0. The Morgan fingerprint density at radius 2 is 1.87 bits per heavy atom. The lowest BCUT2D eigenvalue weighted by Crippen LogP contribution is -2.28. The molecule has 1 aliphatic rings. The van der Waals surface area contributed by atoms with E-state index in [4.69, 9.17) is 5.10 Å². The Labute approximate surface area is 136 Å². The van der Waals surface area contributed by atoms with E-state index in [0.29, 0.717) is 0 Å². The van der Waals surface area contributed by atoms with Gasteiger partial charge in [0, 0.05) is 24.2 Å². The Bertz CT molecular complexity index is 883. The van der Waals surface area contributed by atoms with Crippen molar-refractivity contribution in [3.05, 3.63) is 71.9 Å². The maximum Gasteiger partial charge on any atom is 0.212 e. The fourth-order valence-electron chi connectivity index (χ4n) is 3.27. The van der Waals surface area contributed by atoms with E-state index in [1.54, 1.807) is 0 Å². The van der Waals surface area contributed by atoms with Gasteiger partial charge >= 0.3 is 0 Å². The van der Waals surface area contributed by atoms with Crippen LogP contribution in [0.5, 0.6) is 0 Å². The van der Waals surface area contributed by atoms with Gasteiger partial charge < -0.3 is 0 Å². The average molecular weight is 302 g/mol. The zero-order chi connectivity index (χ0) is 15.6. The highest BCUT2D eigenvalue weighted by molar-refractivity contribution is 5.97. The molecule has 3 nitrogen and oxygen atoms in total. The topological polar surface area (TPSA) is 19.5 Å². The van der Waals surface area contributed by atoms with Crippen molar-refractivity contribution in [3.8, 4) is 0 Å². The third-order valence-electron chi connectivity index (χ3n) is 4.49. The van der Waals surface area contributed by atoms with Crippen LogP contribution in [0.1, 0.15) is 17.5 Å². The van der Waals surface area contributed by atoms with Crippen molar-refractivity contribution in [2.24, 2.45) is 12.1 Å². The molecule has 0 saturated carbocycles. The highest BCUT2D eigenvalue weighted by atomic mass is 15.5. The van der Waals surface area contributed by atoms with Crippen molar-refractivity contribution >= 4 is 22.8 Å². The standard InChI is InChI=1S/C20H20N3/c1-22-14-12-17(18-9-3-5-11-20(18)22)15-21-23-13-6-8-16-7-2-4-10-19(16)23/h2-5,7,9-12,14-15H,6,8,13H2,1H3/q+1. The molecule has 0 amide bonds. The summed E-state index contributed by atoms with van der Waals surface area (Å²) < 4.78 is 2.14. The van der Waals surface area contributed by atoms with Crippen molar-refractivity contribution in [2.45, 2.75) is 12.8 Å². The molecule has 2 heterocycles. The van der Waals surface area contributed by atoms with Crippen LogP contribution in [0.4, 0.5) is 5.69 Å². The summed E-state index contributed by atoms with van der Waals surface area (Å²) in [5.41, 5.74) is 5.00. The molecular formula is C20H20N3+. The van der Waals surface area contributed by atoms with E-state index in [2.05, 4.69) is 77.4 Å². The van der Waals surface area contributed by atoms with Crippen LogP contribution in [0.15, 0.2) is 65.9 Å². The van der Waals surface area contributed by atoms with Gasteiger partial charge in [0.1, 0.15) is 7.05 Å². The molecule has 2 aromatic carbocycles. The van der Waals surface area contributed by atoms with Gasteiger partial charge in [0.05, 0.1) is 17.3 Å². The third kappa shape index (κ3) is 2.59. The molecule has 0 spiro atoms. The molecule has 0 N–H and O–H groups in total. The zero-order valence-corrected chi connectivity index (χ0v) is 13.3. The lowest BCUT2D eigenvalue weighted by Gasteiger charge is -2.26. The molecule has 0 bridgehead atoms. The third-order valence-corrected chi connectivity index (χ3v) is 4.49. The molecule has 1 aliphatic heterocycles. The van der Waals surface area contributed by atoms with Gasteiger partial charge in [-0.1, -0.05) is 30.3 Å². The number of hydrogen-bond acceptors (Lipinski definition) is 2. The lowest BCUT2D eigenvalue weighted by atomic mass is 10.0. The fourth-order valence-corrected chi connectivity index (χ4v) is 3.27. The van der Waals surface area contributed by atoms with Gasteiger partial charge in [-0.3, -0.25) is 5.01 Å². The van der Waals surface area contributed by atoms with Crippen LogP contribution in [0, 0.1) is 0 Å². The van der Waals surface area contributed by atoms with Crippen LogP contribution in [-0.2, 0) is 13.5 Å². The molecule has 0 unspecified atom stereocenters. The maximum atomic E-state index is 4.77. The molecule has 3 heteroatoms. The van der Waals surface area contributed by atoms with Crippen molar-refractivity contribution in [3.63, 3.8) is 0 Å². The van der Waals surface area contributed by atoms with Crippen LogP contribution in [0.3, 0.4) is 0 Å². The summed E-state index contributed by atoms with van der Waals surface area (Å²) in [5, 5.41) is 8.13. The first-order chi connectivity index (χ1) is 11.3. The first kappa shape index (κ1) is 13.9. The van der Waals surface area contributed by atoms with Gasteiger partial charge in [-0.2, -0.15) is 5.10 Å². The van der Waals surface area contributed by atoms with E-state index in [1.165, 1.54) is 22.2 Å². The summed E-state index contributed by atoms with van der Waals surface area (Å²) in [6.45, 7) is 0.978. The predicted octanol–water partition coefficient (Wildman–Crippen LogP) is 3.45. The Hall–Kier alpha value is -2.68. The molecule has 0 saturated heterocycles. The largest absolute Gasteiger partial charge is 0.265 e. The Morgan fingerprint density at radius 3 is 2.83 bits per heavy atom. The van der Waals surface area contributed by atoms with Gasteiger partial charge in [-0.25, -0.2) is 4.57 Å². The molecule has 0 radical (unpaired) electrons. The molecule has 0 aliphatic carbocycles. The molecule has 3 aromatic rings. The van der Waals surface area contributed by atoms with Crippen LogP contribution in [-0.4, -0.2) is 12.8 Å². The Balaban J connectivity index is 1.72. The van der Waals surface area contributed by atoms with Gasteiger partial charge in [-0.05, 0) is 30.5 Å². The van der Waals surface area contributed by atoms with Crippen LogP contribution < -0.4 is 9.58 Å². The van der Waals surface area contributed by atoms with Gasteiger partial charge in [-0.15, -0.1) is 0 Å². The van der Waals surface area contributed by atoms with Crippen LogP contribution >= 0.6 is 0 Å². The summed E-state index contributed by atoms with van der Waals surface area (Å²) in [6, 6.07) is 19.1. The first-order valence-corrected chi connectivity index (χ1v) is 8.10. The van der Waals surface area contributed by atoms with Crippen LogP contribution in [0.25, 0.3) is 10.9 Å². The van der Waals surface area contributed by atoms with E-state index in [1.807, 2.05) is 6.21 Å². The van der Waals surface area contributed by atoms with Crippen LogP contribution in [0.2, 0.25) is 0 Å². The molecule has 0 fully saturated rings. The SMILES string of the molecule is C[n+]1ccc(C=NN2CCCc3ccccc32)c2ccccc21. The number of aromatic nitrogens is 1. The fraction of sp³-hybridized carbons (Fsp3) is 0.200. The minimum absolute atomic E-state index is 0.978. The van der Waals surface area contributed by atoms with E-state index in [9.17, 15) is 0 Å². The van der Waals surface area contributed by atoms with E-state index < -0.39 is 0 Å². The van der Waals surface area contributed by atoms with E-state index >= 15 is 0 Å². The number of anilines is 1. The zero-order valence-electron chi connectivity index (χ0n) is 13.3. The second kappa shape index (κ2) is 5.84. The van der Waals surface area contributed by atoms with E-state index in [0.717, 1.165) is 24.9 Å². The van der Waals surface area contributed by atoms with Crippen molar-refractivity contribution in [1.82, 2.24) is 0 Å². The summed E-state index contributed by atoms with van der Waals surface area (Å²) in [5.74, 6) is 0. The van der Waals surface area contributed by atoms with Gasteiger partial charge in [0.15, 0.2) is 6.20 Å². The van der Waals surface area contributed by atoms with Gasteiger partial charge in [0.2, 0.25) is 5.52 Å². The summed E-state index contributed by atoms with van der Waals surface area (Å²) in [6.07, 6.45) is 6.38. The molecular weight excluding hydrogens is 282 g/mol. The minimum Gasteiger partial charge on any atom is -0.265 e. The second-order valence-corrected chi connectivity index (χ2v) is 6.00. The van der Waals surface area contributed by atoms with Crippen molar-refractivity contribution < 1.29 is 4.57 Å². The Morgan fingerprint density at radius 1 is 1.04 bits per heavy atom. The van der Waals surface area contributed by atoms with E-state index in [-0.39, 0.29) is 0 Å². The van der Waals surface area contributed by atoms with Crippen molar-refractivity contribution in [1.29, 1.82) is 0 Å². The highest BCUT2D eigenvalue weighted by Gasteiger charge is 2.15. The number of rotatable bonds is 2. The maximum absolute atomic E-state index is 4.77. The summed E-state index contributed by atoms with van der Waals surface area (Å²) in [4.78, 5) is 0. The average Bonchev–Trinajstić information content (AvgIpc) is 2.61. The number of hydrazone groups is 1. The number of fused-ring (bicyclic) bond motifs is 2. The predicted molar refractivity (Wildman–Crippen MR) is 94.8 cm³/mol. The monoisotopic (exact) mass is 302 g/mol. The molecule has 1 aromatic heterocycles. The normalized spacial score (nSPS) is 14.4. The number of aryl methyl sites for hydroxylation is 2. The highest BCUT2D eigenvalue weighted by Crippen LogP contribution is 2.26.